The highest BCUT2D eigenvalue weighted by molar-refractivity contribution is 6.05. The topological polar surface area (TPSA) is 71.3 Å². The summed E-state index contributed by atoms with van der Waals surface area (Å²) in [4.78, 5) is 34.7. The van der Waals surface area contributed by atoms with E-state index in [-0.39, 0.29) is 17.4 Å². The van der Waals surface area contributed by atoms with Gasteiger partial charge in [0, 0.05) is 49.8 Å². The van der Waals surface area contributed by atoms with Gasteiger partial charge in [-0.3, -0.25) is 14.6 Å². The quantitative estimate of drug-likeness (QED) is 0.315. The number of Topliss-reactive ketones (excluding diaryl/α,β-unsaturated/α-hetero) is 1. The number of carbonyl (C=O) groups excluding carboxylic acids is 2. The lowest BCUT2D eigenvalue weighted by Gasteiger charge is -2.36. The summed E-state index contributed by atoms with van der Waals surface area (Å²) in [6.45, 7) is 3.69. The summed E-state index contributed by atoms with van der Waals surface area (Å²) in [5.41, 5.74) is 3.69. The highest BCUT2D eigenvalue weighted by Crippen LogP contribution is 2.27. The Morgan fingerprint density at radius 3 is 2.42 bits per heavy atom. The number of nitrogens with zero attached hydrogens (tertiary/aromatic N) is 5. The van der Waals surface area contributed by atoms with E-state index < -0.39 is 5.82 Å². The first-order chi connectivity index (χ1) is 19.5. The van der Waals surface area contributed by atoms with E-state index in [0.29, 0.717) is 49.3 Å². The third kappa shape index (κ3) is 5.68. The summed E-state index contributed by atoms with van der Waals surface area (Å²) in [5.74, 6) is -0.378. The van der Waals surface area contributed by atoms with Crippen LogP contribution >= 0.6 is 0 Å². The Balaban J connectivity index is 1.17. The number of ketones is 1. The predicted octanol–water partition coefficient (Wildman–Crippen LogP) is 5.00. The minimum absolute atomic E-state index is 0.148. The van der Waals surface area contributed by atoms with Gasteiger partial charge in [0.15, 0.2) is 5.69 Å². The van der Waals surface area contributed by atoms with Crippen LogP contribution in [0.4, 0.5) is 4.39 Å². The molecule has 7 nitrogen and oxygen atoms in total. The van der Waals surface area contributed by atoms with Crippen molar-refractivity contribution in [1.82, 2.24) is 24.6 Å². The number of hydrogen-bond donors (Lipinski definition) is 0. The molecule has 6 rings (SSSR count). The highest BCUT2D eigenvalue weighted by Gasteiger charge is 2.30. The lowest BCUT2D eigenvalue weighted by atomic mass is 10.0. The van der Waals surface area contributed by atoms with E-state index in [0.717, 1.165) is 42.7 Å². The molecule has 0 atom stereocenters. The van der Waals surface area contributed by atoms with Crippen LogP contribution in [0.2, 0.25) is 0 Å². The Labute approximate surface area is 233 Å². The number of carbonyl (C=O) groups is 2. The predicted molar refractivity (Wildman–Crippen MR) is 152 cm³/mol. The second-order valence-corrected chi connectivity index (χ2v) is 10.9. The molecule has 4 heterocycles. The lowest BCUT2D eigenvalue weighted by Crippen LogP contribution is -2.46. The van der Waals surface area contributed by atoms with Crippen molar-refractivity contribution in [2.24, 2.45) is 0 Å². The number of rotatable bonds is 8. The van der Waals surface area contributed by atoms with E-state index in [1.54, 1.807) is 23.1 Å². The van der Waals surface area contributed by atoms with Crippen molar-refractivity contribution >= 4 is 22.6 Å². The fraction of sp³-hybridized carbons (Fsp3) is 0.375. The number of benzene rings is 2. The van der Waals surface area contributed by atoms with Gasteiger partial charge in [-0.1, -0.05) is 18.2 Å². The number of likely N-dealkylation sites (tertiary alicyclic amines) is 2. The van der Waals surface area contributed by atoms with Gasteiger partial charge in [0.25, 0.3) is 5.91 Å². The van der Waals surface area contributed by atoms with Gasteiger partial charge in [0.05, 0.1) is 11.2 Å². The van der Waals surface area contributed by atoms with Crippen molar-refractivity contribution in [3.8, 4) is 5.69 Å². The van der Waals surface area contributed by atoms with Crippen molar-refractivity contribution < 1.29 is 14.0 Å². The third-order valence-corrected chi connectivity index (χ3v) is 8.25. The van der Waals surface area contributed by atoms with Crippen LogP contribution in [-0.2, 0) is 17.6 Å². The van der Waals surface area contributed by atoms with Gasteiger partial charge < -0.3 is 9.80 Å². The molecule has 2 aromatic carbocycles. The monoisotopic (exact) mass is 539 g/mol. The molecule has 2 fully saturated rings. The van der Waals surface area contributed by atoms with Gasteiger partial charge in [0.1, 0.15) is 11.6 Å². The molecule has 0 aliphatic carbocycles. The van der Waals surface area contributed by atoms with Gasteiger partial charge >= 0.3 is 0 Å². The first-order valence-corrected chi connectivity index (χ1v) is 14.3. The molecule has 8 heteroatoms. The van der Waals surface area contributed by atoms with E-state index in [1.165, 1.54) is 25.0 Å². The van der Waals surface area contributed by atoms with Crippen LogP contribution in [0.15, 0.2) is 67.0 Å². The highest BCUT2D eigenvalue weighted by atomic mass is 19.1. The van der Waals surface area contributed by atoms with Gasteiger partial charge in [0.2, 0.25) is 0 Å². The molecule has 1 amide bonds. The van der Waals surface area contributed by atoms with Gasteiger partial charge in [-0.05, 0) is 92.7 Å². The van der Waals surface area contributed by atoms with Crippen molar-refractivity contribution in [2.45, 2.75) is 51.0 Å². The van der Waals surface area contributed by atoms with Gasteiger partial charge in [-0.2, -0.15) is 5.10 Å². The summed E-state index contributed by atoms with van der Waals surface area (Å²) < 4.78 is 16.0. The van der Waals surface area contributed by atoms with Crippen molar-refractivity contribution in [1.29, 1.82) is 0 Å². The number of aromatic nitrogens is 3. The Morgan fingerprint density at radius 2 is 1.70 bits per heavy atom. The summed E-state index contributed by atoms with van der Waals surface area (Å²) in [6.07, 6.45) is 9.44. The molecule has 2 saturated heterocycles. The molecular formula is C32H34FN5O2. The fourth-order valence-electron chi connectivity index (χ4n) is 6.04. The van der Waals surface area contributed by atoms with Crippen molar-refractivity contribution in [3.63, 3.8) is 0 Å². The molecule has 0 saturated carbocycles. The molecule has 0 spiro atoms. The van der Waals surface area contributed by atoms with Crippen LogP contribution in [0, 0.1) is 5.82 Å². The lowest BCUT2D eigenvalue weighted by molar-refractivity contribution is -0.118. The summed E-state index contributed by atoms with van der Waals surface area (Å²) >= 11 is 0. The molecular weight excluding hydrogens is 505 g/mol. The summed E-state index contributed by atoms with van der Waals surface area (Å²) in [5, 5.41) is 5.22. The Hall–Kier alpha value is -3.91. The van der Waals surface area contributed by atoms with Crippen molar-refractivity contribution in [3.05, 3.63) is 89.6 Å². The molecule has 206 valence electrons. The fourth-order valence-corrected chi connectivity index (χ4v) is 6.04. The number of aryl methyl sites for hydroxylation is 1. The van der Waals surface area contributed by atoms with Crippen LogP contribution in [0.1, 0.15) is 53.7 Å². The average molecular weight is 540 g/mol. The SMILES string of the molecule is O=C(CCc1cccnc1)Cc1ccc(-n2nc(C(=O)N3CCC(N4CCCC4)CC3)c3cc(F)ccc32)cc1. The number of amides is 1. The van der Waals surface area contributed by atoms with Gasteiger partial charge in [-0.25, -0.2) is 9.07 Å². The second-order valence-electron chi connectivity index (χ2n) is 10.9. The second kappa shape index (κ2) is 11.7. The maximum atomic E-state index is 14.3. The number of fused-ring (bicyclic) bond motifs is 1. The molecule has 0 unspecified atom stereocenters. The molecule has 2 aliphatic rings. The summed E-state index contributed by atoms with van der Waals surface area (Å²) in [7, 11) is 0. The Bertz CT molecular complexity index is 1490. The zero-order chi connectivity index (χ0) is 27.5. The number of piperidine rings is 1. The standard InChI is InChI=1S/C32H34FN5O2/c33-25-8-12-30-29(21-25)31(32(40)37-18-13-26(14-19-37)36-16-1-2-17-36)35-38(30)27-9-5-23(6-10-27)20-28(39)11-7-24-4-3-15-34-22-24/h3-6,8-10,12,15,21-22,26H,1-2,7,11,13-14,16-20H2. The number of hydrogen-bond acceptors (Lipinski definition) is 5. The molecule has 0 radical (unpaired) electrons. The molecule has 0 N–H and O–H groups in total. The van der Waals surface area contributed by atoms with E-state index in [1.807, 2.05) is 41.3 Å². The molecule has 4 aromatic rings. The zero-order valence-electron chi connectivity index (χ0n) is 22.6. The normalized spacial score (nSPS) is 16.6. The first-order valence-electron chi connectivity index (χ1n) is 14.3. The van der Waals surface area contributed by atoms with Crippen LogP contribution in [0.25, 0.3) is 16.6 Å². The van der Waals surface area contributed by atoms with E-state index in [4.69, 9.17) is 5.10 Å². The third-order valence-electron chi connectivity index (χ3n) is 8.25. The Morgan fingerprint density at radius 1 is 0.925 bits per heavy atom. The molecule has 40 heavy (non-hydrogen) atoms. The average Bonchev–Trinajstić information content (AvgIpc) is 3.66. The molecule has 0 bridgehead atoms. The van der Waals surface area contributed by atoms with Gasteiger partial charge in [-0.15, -0.1) is 0 Å². The van der Waals surface area contributed by atoms with E-state index in [2.05, 4.69) is 9.88 Å². The number of pyridine rings is 1. The molecule has 2 aromatic heterocycles. The van der Waals surface area contributed by atoms with Crippen LogP contribution in [0.5, 0.6) is 0 Å². The smallest absolute Gasteiger partial charge is 0.275 e. The number of halogens is 1. The van der Waals surface area contributed by atoms with Crippen LogP contribution < -0.4 is 0 Å². The first kappa shape index (κ1) is 26.3. The maximum Gasteiger partial charge on any atom is 0.275 e. The zero-order valence-corrected chi connectivity index (χ0v) is 22.6. The molecule has 2 aliphatic heterocycles. The Kier molecular flexibility index (Phi) is 7.68. The van der Waals surface area contributed by atoms with Crippen molar-refractivity contribution in [2.75, 3.05) is 26.2 Å². The van der Waals surface area contributed by atoms with Crippen LogP contribution in [-0.4, -0.2) is 68.5 Å². The summed E-state index contributed by atoms with van der Waals surface area (Å²) in [6, 6.07) is 16.5. The van der Waals surface area contributed by atoms with E-state index in [9.17, 15) is 14.0 Å². The maximum absolute atomic E-state index is 14.3. The van der Waals surface area contributed by atoms with Crippen LogP contribution in [0.3, 0.4) is 0 Å². The minimum Gasteiger partial charge on any atom is -0.337 e. The largest absolute Gasteiger partial charge is 0.337 e. The minimum atomic E-state index is -0.394. The van der Waals surface area contributed by atoms with E-state index >= 15 is 0 Å².